The fourth-order valence-corrected chi connectivity index (χ4v) is 4.07. The second-order valence-corrected chi connectivity index (χ2v) is 8.65. The Bertz CT molecular complexity index is 783. The van der Waals surface area contributed by atoms with Crippen LogP contribution in [0.2, 0.25) is 0 Å². The number of benzene rings is 1. The molecule has 4 N–H and O–H groups in total. The summed E-state index contributed by atoms with van der Waals surface area (Å²) in [5.74, 6) is 3.16. The highest BCUT2D eigenvalue weighted by atomic mass is 16.6. The van der Waals surface area contributed by atoms with E-state index >= 15 is 0 Å². The maximum absolute atomic E-state index is 10.2. The van der Waals surface area contributed by atoms with Gasteiger partial charge in [0.2, 0.25) is 0 Å². The minimum absolute atomic E-state index is 0.294. The topological polar surface area (TPSA) is 134 Å². The second-order valence-electron chi connectivity index (χ2n) is 8.65. The van der Waals surface area contributed by atoms with Crippen LogP contribution in [0.15, 0.2) is 24.3 Å². The fourth-order valence-electron chi connectivity index (χ4n) is 4.07. The summed E-state index contributed by atoms with van der Waals surface area (Å²) in [6.07, 6.45) is -1.39. The first-order valence-corrected chi connectivity index (χ1v) is 12.2. The number of hydrogen-bond acceptors (Lipinski definition) is 11. The lowest BCUT2D eigenvalue weighted by Gasteiger charge is -2.42. The Kier molecular flexibility index (Phi) is 12.2. The summed E-state index contributed by atoms with van der Waals surface area (Å²) in [5, 5.41) is 39.4. The zero-order valence-electron chi connectivity index (χ0n) is 20.5. The normalized spacial score (nSPS) is 27.1. The van der Waals surface area contributed by atoms with Crippen LogP contribution in [0.3, 0.4) is 0 Å². The minimum Gasteiger partial charge on any atom is -0.491 e. The monoisotopic (exact) mass is 510 g/mol. The van der Waals surface area contributed by atoms with Crippen LogP contribution in [0.1, 0.15) is 0 Å². The van der Waals surface area contributed by atoms with Crippen molar-refractivity contribution < 1.29 is 44.1 Å². The lowest BCUT2D eigenvalue weighted by molar-refractivity contribution is -0.283. The lowest BCUT2D eigenvalue weighted by Crippen LogP contribution is -2.61. The average Bonchev–Trinajstić information content (AvgIpc) is 2.90. The molecule has 0 bridgehead atoms. The van der Waals surface area contributed by atoms with Gasteiger partial charge in [-0.15, -0.1) is 6.42 Å². The molecule has 2 aliphatic rings. The molecule has 11 nitrogen and oxygen atoms in total. The number of terminal acetylenes is 1. The molecule has 202 valence electrons. The molecule has 5 atom stereocenters. The number of aliphatic hydroxyl groups is 4. The molecule has 2 heterocycles. The van der Waals surface area contributed by atoms with Gasteiger partial charge < -0.3 is 49.0 Å². The first-order chi connectivity index (χ1) is 17.5. The van der Waals surface area contributed by atoms with E-state index in [1.165, 1.54) is 0 Å². The second kappa shape index (κ2) is 15.3. The Balaban J connectivity index is 1.28. The van der Waals surface area contributed by atoms with E-state index in [1.807, 2.05) is 24.3 Å². The zero-order valence-corrected chi connectivity index (χ0v) is 20.5. The molecular formula is C25H38N2O9. The predicted octanol–water partition coefficient (Wildman–Crippen LogP) is -1.33. The van der Waals surface area contributed by atoms with Gasteiger partial charge in [0.05, 0.1) is 33.0 Å². The molecule has 2 aliphatic heterocycles. The quantitative estimate of drug-likeness (QED) is 0.175. The summed E-state index contributed by atoms with van der Waals surface area (Å²) >= 11 is 0. The van der Waals surface area contributed by atoms with Crippen molar-refractivity contribution in [3.05, 3.63) is 24.3 Å². The highest BCUT2D eigenvalue weighted by Crippen LogP contribution is 2.23. The van der Waals surface area contributed by atoms with Crippen LogP contribution < -0.4 is 9.64 Å². The van der Waals surface area contributed by atoms with E-state index in [2.05, 4.69) is 15.7 Å². The lowest BCUT2D eigenvalue weighted by atomic mass is 9.98. The Morgan fingerprint density at radius 3 is 2.06 bits per heavy atom. The molecule has 0 saturated carbocycles. The number of aliphatic hydroxyl groups excluding tert-OH is 4. The van der Waals surface area contributed by atoms with Crippen molar-refractivity contribution in [3.8, 4) is 18.1 Å². The SMILES string of the molecule is C#CCOCCOCCOCCOc1ccc(N2CCN(C[C@H]3O[C@H](O)[C@H](O)[C@@H](O)[C@H]3O)CC2)cc1. The van der Waals surface area contributed by atoms with Gasteiger partial charge in [0.25, 0.3) is 0 Å². The molecule has 2 saturated heterocycles. The van der Waals surface area contributed by atoms with Crippen LogP contribution in [0, 0.1) is 12.3 Å². The molecule has 1 aromatic rings. The van der Waals surface area contributed by atoms with Crippen LogP contribution in [-0.2, 0) is 18.9 Å². The maximum Gasteiger partial charge on any atom is 0.184 e. The Morgan fingerprint density at radius 1 is 0.806 bits per heavy atom. The molecule has 0 aromatic heterocycles. The van der Waals surface area contributed by atoms with Gasteiger partial charge in [-0.05, 0) is 24.3 Å². The molecule has 1 aromatic carbocycles. The van der Waals surface area contributed by atoms with E-state index in [4.69, 9.17) is 30.1 Å². The van der Waals surface area contributed by atoms with Gasteiger partial charge in [0.15, 0.2) is 6.29 Å². The van der Waals surface area contributed by atoms with Gasteiger partial charge in [0.1, 0.15) is 43.4 Å². The zero-order chi connectivity index (χ0) is 25.8. The highest BCUT2D eigenvalue weighted by Gasteiger charge is 2.43. The van der Waals surface area contributed by atoms with Crippen molar-refractivity contribution in [1.29, 1.82) is 0 Å². The molecule has 0 spiro atoms. The van der Waals surface area contributed by atoms with Gasteiger partial charge in [-0.1, -0.05) is 5.92 Å². The molecule has 0 unspecified atom stereocenters. The summed E-state index contributed by atoms with van der Waals surface area (Å²) in [4.78, 5) is 4.36. The van der Waals surface area contributed by atoms with Crippen molar-refractivity contribution in [3.63, 3.8) is 0 Å². The third kappa shape index (κ3) is 8.85. The molecular weight excluding hydrogens is 472 g/mol. The van der Waals surface area contributed by atoms with Gasteiger partial charge in [-0.2, -0.15) is 0 Å². The van der Waals surface area contributed by atoms with Crippen LogP contribution in [0.5, 0.6) is 5.75 Å². The molecule has 0 aliphatic carbocycles. The third-order valence-electron chi connectivity index (χ3n) is 6.13. The minimum atomic E-state index is -1.51. The summed E-state index contributed by atoms with van der Waals surface area (Å²) in [6, 6.07) is 7.90. The van der Waals surface area contributed by atoms with E-state index in [1.54, 1.807) is 0 Å². The highest BCUT2D eigenvalue weighted by molar-refractivity contribution is 5.49. The summed E-state index contributed by atoms with van der Waals surface area (Å²) in [5.41, 5.74) is 1.09. The largest absolute Gasteiger partial charge is 0.491 e. The fraction of sp³-hybridized carbons (Fsp3) is 0.680. The molecule has 0 radical (unpaired) electrons. The van der Waals surface area contributed by atoms with Crippen molar-refractivity contribution in [2.45, 2.75) is 30.7 Å². The van der Waals surface area contributed by atoms with Gasteiger partial charge >= 0.3 is 0 Å². The summed E-state index contributed by atoms with van der Waals surface area (Å²) in [6.45, 7) is 6.52. The Morgan fingerprint density at radius 2 is 1.42 bits per heavy atom. The maximum atomic E-state index is 10.2. The van der Waals surface area contributed by atoms with E-state index in [0.29, 0.717) is 52.8 Å². The number of nitrogens with zero attached hydrogens (tertiary/aromatic N) is 2. The smallest absolute Gasteiger partial charge is 0.184 e. The molecule has 3 rings (SSSR count). The summed E-state index contributed by atoms with van der Waals surface area (Å²) in [7, 11) is 0. The first-order valence-electron chi connectivity index (χ1n) is 12.2. The third-order valence-corrected chi connectivity index (χ3v) is 6.13. The molecule has 0 amide bonds. The number of piperazine rings is 1. The van der Waals surface area contributed by atoms with Crippen molar-refractivity contribution in [2.24, 2.45) is 0 Å². The molecule has 11 heteroatoms. The standard InChI is InChI=1S/C25H38N2O9/c1-2-11-32-12-13-33-14-15-34-16-17-35-20-5-3-19(4-6-20)27-9-7-26(8-10-27)18-21-22(28)23(29)24(30)25(31)36-21/h1,3-6,21-25,28-31H,7-18H2/t21-,22+,23+,24-,25+/m1/s1. The van der Waals surface area contributed by atoms with Gasteiger partial charge in [-0.3, -0.25) is 4.90 Å². The number of anilines is 1. The average molecular weight is 511 g/mol. The Labute approximate surface area is 212 Å². The van der Waals surface area contributed by atoms with E-state index in [9.17, 15) is 20.4 Å². The number of ether oxygens (including phenoxy) is 5. The van der Waals surface area contributed by atoms with Crippen LogP contribution in [-0.4, -0.2) is 135 Å². The predicted molar refractivity (Wildman–Crippen MR) is 131 cm³/mol. The Hall–Kier alpha value is -1.98. The van der Waals surface area contributed by atoms with Crippen LogP contribution in [0.25, 0.3) is 0 Å². The van der Waals surface area contributed by atoms with E-state index in [-0.39, 0.29) is 0 Å². The number of hydrogen-bond donors (Lipinski definition) is 4. The number of rotatable bonds is 14. The molecule has 36 heavy (non-hydrogen) atoms. The molecule has 2 fully saturated rings. The van der Waals surface area contributed by atoms with Crippen molar-refractivity contribution >= 4 is 5.69 Å². The van der Waals surface area contributed by atoms with E-state index in [0.717, 1.165) is 37.6 Å². The van der Waals surface area contributed by atoms with Crippen molar-refractivity contribution in [1.82, 2.24) is 4.90 Å². The van der Waals surface area contributed by atoms with E-state index < -0.39 is 30.7 Å². The van der Waals surface area contributed by atoms with Gasteiger partial charge in [-0.25, -0.2) is 0 Å². The first kappa shape index (κ1) is 28.6. The summed E-state index contributed by atoms with van der Waals surface area (Å²) < 4.78 is 27.0. The van der Waals surface area contributed by atoms with Crippen molar-refractivity contribution in [2.75, 3.05) is 83.9 Å². The van der Waals surface area contributed by atoms with Gasteiger partial charge in [0, 0.05) is 38.4 Å². The van der Waals surface area contributed by atoms with Crippen LogP contribution in [0.4, 0.5) is 5.69 Å². The van der Waals surface area contributed by atoms with Crippen LogP contribution >= 0.6 is 0 Å².